The van der Waals surface area contributed by atoms with Crippen molar-refractivity contribution in [1.82, 2.24) is 4.98 Å². The number of pyridine rings is 1. The first-order chi connectivity index (χ1) is 7.70. The lowest BCUT2D eigenvalue weighted by Gasteiger charge is -2.19. The maximum absolute atomic E-state index is 13.3. The van der Waals surface area contributed by atoms with Crippen LogP contribution in [0, 0.1) is 11.6 Å². The van der Waals surface area contributed by atoms with Gasteiger partial charge >= 0.3 is 6.09 Å². The Morgan fingerprint density at radius 3 is 2.53 bits per heavy atom. The van der Waals surface area contributed by atoms with Crippen molar-refractivity contribution in [3.05, 3.63) is 23.0 Å². The Hall–Kier alpha value is -1.43. The van der Waals surface area contributed by atoms with E-state index in [1.54, 1.807) is 20.8 Å². The lowest BCUT2D eigenvalue weighted by molar-refractivity contribution is 0.0635. The van der Waals surface area contributed by atoms with Crippen LogP contribution in [0.25, 0.3) is 0 Å². The molecule has 0 aliphatic carbocycles. The van der Waals surface area contributed by atoms with Gasteiger partial charge in [-0.05, 0) is 20.8 Å². The highest BCUT2D eigenvalue weighted by atomic mass is 35.5. The molecule has 1 aromatic heterocycles. The number of carbonyl (C=O) groups excluding carboxylic acids is 1. The Labute approximate surface area is 102 Å². The van der Waals surface area contributed by atoms with E-state index >= 15 is 0 Å². The van der Waals surface area contributed by atoms with E-state index in [1.165, 1.54) is 0 Å². The first-order valence-electron chi connectivity index (χ1n) is 4.70. The van der Waals surface area contributed by atoms with Crippen LogP contribution in [0.2, 0.25) is 5.15 Å². The zero-order valence-electron chi connectivity index (χ0n) is 9.47. The number of amides is 1. The number of nitrogens with zero attached hydrogens (tertiary/aromatic N) is 1. The fourth-order valence-electron chi connectivity index (χ4n) is 0.944. The molecule has 0 saturated carbocycles. The second kappa shape index (κ2) is 4.83. The standard InChI is InChI=1S/C10H11ClF2N2O2/c1-10(2,3)17-9(16)15-5-4-14-8(11)7(13)6(5)12/h4H,1-3H3,(H,15,16). The van der Waals surface area contributed by atoms with Gasteiger partial charge in [0.1, 0.15) is 11.3 Å². The number of nitrogens with one attached hydrogen (secondary N) is 1. The van der Waals surface area contributed by atoms with Gasteiger partial charge in [0.25, 0.3) is 0 Å². The van der Waals surface area contributed by atoms with Crippen molar-refractivity contribution in [3.8, 4) is 0 Å². The van der Waals surface area contributed by atoms with Crippen LogP contribution in [0.5, 0.6) is 0 Å². The third kappa shape index (κ3) is 3.81. The number of hydrogen-bond acceptors (Lipinski definition) is 3. The minimum Gasteiger partial charge on any atom is -0.444 e. The van der Waals surface area contributed by atoms with Crippen molar-refractivity contribution >= 4 is 23.4 Å². The Kier molecular flexibility index (Phi) is 3.87. The summed E-state index contributed by atoms with van der Waals surface area (Å²) in [5.74, 6) is -2.60. The van der Waals surface area contributed by atoms with Gasteiger partial charge in [0.2, 0.25) is 0 Å². The maximum atomic E-state index is 13.3. The first-order valence-corrected chi connectivity index (χ1v) is 5.08. The van der Waals surface area contributed by atoms with Gasteiger partial charge in [-0.15, -0.1) is 0 Å². The fraction of sp³-hybridized carbons (Fsp3) is 0.400. The topological polar surface area (TPSA) is 51.2 Å². The van der Waals surface area contributed by atoms with Gasteiger partial charge in [-0.3, -0.25) is 5.32 Å². The first kappa shape index (κ1) is 13.6. The SMILES string of the molecule is CC(C)(C)OC(=O)Nc1cnc(Cl)c(F)c1F. The van der Waals surface area contributed by atoms with Crippen LogP contribution >= 0.6 is 11.6 Å². The highest BCUT2D eigenvalue weighted by Gasteiger charge is 2.19. The molecule has 0 aromatic carbocycles. The molecule has 1 rings (SSSR count). The van der Waals surface area contributed by atoms with E-state index in [4.69, 9.17) is 16.3 Å². The Balaban J connectivity index is 2.83. The molecule has 4 nitrogen and oxygen atoms in total. The molecule has 17 heavy (non-hydrogen) atoms. The Morgan fingerprint density at radius 1 is 1.41 bits per heavy atom. The van der Waals surface area contributed by atoms with Gasteiger partial charge in [-0.2, -0.15) is 0 Å². The highest BCUT2D eigenvalue weighted by molar-refractivity contribution is 6.29. The van der Waals surface area contributed by atoms with Crippen LogP contribution in [-0.4, -0.2) is 16.7 Å². The van der Waals surface area contributed by atoms with Crippen molar-refractivity contribution < 1.29 is 18.3 Å². The van der Waals surface area contributed by atoms with Crippen molar-refractivity contribution in [2.75, 3.05) is 5.32 Å². The van der Waals surface area contributed by atoms with Gasteiger partial charge in [-0.25, -0.2) is 18.6 Å². The molecule has 0 aliphatic rings. The largest absolute Gasteiger partial charge is 0.444 e. The van der Waals surface area contributed by atoms with Gasteiger partial charge in [0, 0.05) is 0 Å². The third-order valence-electron chi connectivity index (χ3n) is 1.55. The van der Waals surface area contributed by atoms with Crippen LogP contribution in [0.3, 0.4) is 0 Å². The molecular weight excluding hydrogens is 254 g/mol. The average molecular weight is 265 g/mol. The van der Waals surface area contributed by atoms with E-state index in [2.05, 4.69) is 4.98 Å². The molecule has 1 amide bonds. The van der Waals surface area contributed by atoms with Crippen molar-refractivity contribution in [2.24, 2.45) is 0 Å². The minimum absolute atomic E-state index is 0.429. The maximum Gasteiger partial charge on any atom is 0.412 e. The molecule has 0 bridgehead atoms. The van der Waals surface area contributed by atoms with E-state index < -0.39 is 34.2 Å². The number of carbonyl (C=O) groups is 1. The minimum atomic E-state index is -1.32. The van der Waals surface area contributed by atoms with Gasteiger partial charge in [0.05, 0.1) is 6.20 Å². The molecule has 0 aliphatic heterocycles. The van der Waals surface area contributed by atoms with Gasteiger partial charge < -0.3 is 4.74 Å². The fourth-order valence-corrected chi connectivity index (χ4v) is 1.08. The summed E-state index contributed by atoms with van der Waals surface area (Å²) in [4.78, 5) is 14.7. The van der Waals surface area contributed by atoms with E-state index in [9.17, 15) is 13.6 Å². The molecule has 1 heterocycles. The highest BCUT2D eigenvalue weighted by Crippen LogP contribution is 2.21. The normalized spacial score (nSPS) is 11.2. The summed E-state index contributed by atoms with van der Waals surface area (Å²) < 4.78 is 31.2. The second-order valence-corrected chi connectivity index (χ2v) is 4.58. The monoisotopic (exact) mass is 264 g/mol. The predicted molar refractivity (Wildman–Crippen MR) is 59.0 cm³/mol. The van der Waals surface area contributed by atoms with E-state index in [0.29, 0.717) is 0 Å². The summed E-state index contributed by atoms with van der Waals surface area (Å²) in [6.07, 6.45) is 0.00456. The number of rotatable bonds is 1. The Morgan fingerprint density at radius 2 is 2.00 bits per heavy atom. The van der Waals surface area contributed by atoms with Crippen LogP contribution in [0.4, 0.5) is 19.3 Å². The van der Waals surface area contributed by atoms with Crippen LogP contribution in [-0.2, 0) is 4.74 Å². The zero-order chi connectivity index (χ0) is 13.2. The average Bonchev–Trinajstić information content (AvgIpc) is 2.16. The summed E-state index contributed by atoms with van der Waals surface area (Å²) in [5, 5.41) is 1.44. The second-order valence-electron chi connectivity index (χ2n) is 4.22. The summed E-state index contributed by atoms with van der Waals surface area (Å²) in [6, 6.07) is 0. The number of hydrogen-bond donors (Lipinski definition) is 1. The smallest absolute Gasteiger partial charge is 0.412 e. The van der Waals surface area contributed by atoms with E-state index in [-0.39, 0.29) is 0 Å². The molecule has 94 valence electrons. The predicted octanol–water partition coefficient (Wildman–Crippen LogP) is 3.36. The van der Waals surface area contributed by atoms with E-state index in [1.807, 2.05) is 5.32 Å². The molecule has 0 atom stereocenters. The lowest BCUT2D eigenvalue weighted by atomic mass is 10.2. The zero-order valence-corrected chi connectivity index (χ0v) is 10.2. The van der Waals surface area contributed by atoms with Crippen molar-refractivity contribution in [2.45, 2.75) is 26.4 Å². The van der Waals surface area contributed by atoms with Crippen LogP contribution < -0.4 is 5.32 Å². The summed E-state index contributed by atoms with van der Waals surface area (Å²) in [5.41, 5.74) is -1.17. The van der Waals surface area contributed by atoms with Gasteiger partial charge in [0.15, 0.2) is 16.8 Å². The number of anilines is 1. The van der Waals surface area contributed by atoms with Crippen molar-refractivity contribution in [1.29, 1.82) is 0 Å². The molecule has 1 N–H and O–H groups in total. The van der Waals surface area contributed by atoms with Crippen LogP contribution in [0.1, 0.15) is 20.8 Å². The molecule has 0 radical (unpaired) electrons. The van der Waals surface area contributed by atoms with Crippen LogP contribution in [0.15, 0.2) is 6.20 Å². The molecule has 0 unspecified atom stereocenters. The molecule has 0 spiro atoms. The molecule has 1 aromatic rings. The molecular formula is C10H11ClF2N2O2. The Bertz CT molecular complexity index is 447. The van der Waals surface area contributed by atoms with E-state index in [0.717, 1.165) is 6.20 Å². The number of ether oxygens (including phenoxy) is 1. The van der Waals surface area contributed by atoms with Crippen molar-refractivity contribution in [3.63, 3.8) is 0 Å². The summed E-state index contributed by atoms with van der Waals surface area (Å²) >= 11 is 5.26. The summed E-state index contributed by atoms with van der Waals surface area (Å²) in [6.45, 7) is 4.93. The number of halogens is 3. The van der Waals surface area contributed by atoms with Gasteiger partial charge in [-0.1, -0.05) is 11.6 Å². The number of aromatic nitrogens is 1. The molecule has 7 heteroatoms. The summed E-state index contributed by atoms with van der Waals surface area (Å²) in [7, 11) is 0. The lowest BCUT2D eigenvalue weighted by Crippen LogP contribution is -2.27. The molecule has 0 fully saturated rings. The molecule has 0 saturated heterocycles. The quantitative estimate of drug-likeness (QED) is 0.791. The third-order valence-corrected chi connectivity index (χ3v) is 1.82.